The van der Waals surface area contributed by atoms with Gasteiger partial charge in [-0.2, -0.15) is 0 Å². The molecule has 0 saturated heterocycles. The van der Waals surface area contributed by atoms with E-state index in [1.54, 1.807) is 0 Å². The Bertz CT molecular complexity index is 1300. The van der Waals surface area contributed by atoms with Crippen molar-refractivity contribution in [2.45, 2.75) is 239 Å². The number of rotatable bonds is 46. The lowest BCUT2D eigenvalue weighted by Crippen LogP contribution is -2.30. The van der Waals surface area contributed by atoms with Crippen LogP contribution >= 0.6 is 0 Å². The molecule has 0 spiro atoms. The monoisotopic (exact) mass is 889 g/mol. The summed E-state index contributed by atoms with van der Waals surface area (Å²) < 4.78 is 16.8. The van der Waals surface area contributed by atoms with E-state index in [1.807, 2.05) is 0 Å². The fourth-order valence-electron chi connectivity index (χ4n) is 6.91. The Morgan fingerprint density at radius 2 is 0.609 bits per heavy atom. The Labute approximate surface area is 394 Å². The van der Waals surface area contributed by atoms with Gasteiger partial charge in [0.15, 0.2) is 6.10 Å². The van der Waals surface area contributed by atoms with Gasteiger partial charge in [0.1, 0.15) is 13.2 Å². The molecule has 0 rings (SSSR count). The van der Waals surface area contributed by atoms with E-state index in [9.17, 15) is 14.4 Å². The van der Waals surface area contributed by atoms with Crippen molar-refractivity contribution < 1.29 is 28.6 Å². The molecule has 0 N–H and O–H groups in total. The third-order valence-corrected chi connectivity index (χ3v) is 10.8. The summed E-state index contributed by atoms with van der Waals surface area (Å²) in [4.78, 5) is 38.0. The summed E-state index contributed by atoms with van der Waals surface area (Å²) in [5.74, 6) is -0.960. The van der Waals surface area contributed by atoms with Crippen LogP contribution in [-0.2, 0) is 28.6 Å². The van der Waals surface area contributed by atoms with Gasteiger partial charge in [0.2, 0.25) is 0 Å². The molecule has 64 heavy (non-hydrogen) atoms. The summed E-state index contributed by atoms with van der Waals surface area (Å²) in [5.41, 5.74) is 0. The van der Waals surface area contributed by atoms with Crippen LogP contribution in [0.1, 0.15) is 233 Å². The quantitative estimate of drug-likeness (QED) is 0.0262. The normalized spacial score (nSPS) is 12.9. The maximum Gasteiger partial charge on any atom is 0.306 e. The molecule has 364 valence electrons. The number of hydrogen-bond acceptors (Lipinski definition) is 6. The molecule has 0 bridgehead atoms. The van der Waals surface area contributed by atoms with E-state index < -0.39 is 6.10 Å². The number of carbonyl (C=O) groups excluding carboxylic acids is 3. The molecule has 0 radical (unpaired) electrons. The SMILES string of the molecule is CC/C=C\C/C=C\C/C=C\C/C=C\CCCCCCCCC(=O)OCC(COC(=O)CCCC/C=C\C/C=C\C/C=C\CC)OC(=O)CCCCCCCCC/C=C\CCCCCC. The maximum absolute atomic E-state index is 12.8. The first-order valence-electron chi connectivity index (χ1n) is 26.2. The maximum atomic E-state index is 12.8. The molecule has 0 heterocycles. The Balaban J connectivity index is 4.44. The van der Waals surface area contributed by atoms with Crippen LogP contribution in [0.3, 0.4) is 0 Å². The summed E-state index contributed by atoms with van der Waals surface area (Å²) in [6, 6.07) is 0. The highest BCUT2D eigenvalue weighted by molar-refractivity contribution is 5.71. The zero-order valence-corrected chi connectivity index (χ0v) is 41.5. The van der Waals surface area contributed by atoms with Crippen molar-refractivity contribution in [2.24, 2.45) is 0 Å². The van der Waals surface area contributed by atoms with Crippen LogP contribution in [0.4, 0.5) is 0 Å². The molecule has 0 aromatic rings. The molecule has 0 aromatic carbocycles. The fourth-order valence-corrected chi connectivity index (χ4v) is 6.91. The predicted octanol–water partition coefficient (Wildman–Crippen LogP) is 17.4. The standard InChI is InChI=1S/C58H96O6/c1-4-7-10-13-16-19-22-25-27-28-29-30-32-33-36-39-42-45-48-51-57(60)63-54-55(53-62-56(59)50-47-44-41-38-35-24-21-18-15-12-9-6-3)64-58(61)52-49-46-43-40-37-34-31-26-23-20-17-14-11-8-5-2/h7,9-10,12,16,18-21,23,25,27,29-30,35,38,55H,4-6,8,11,13-15,17,22,24,26,28,31-34,36-37,39-54H2,1-3H3/b10-7-,12-9-,19-16-,21-18-,23-20-,27-25-,30-29-,38-35-. The summed E-state index contributed by atoms with van der Waals surface area (Å²) in [6.07, 6.45) is 68.2. The van der Waals surface area contributed by atoms with Gasteiger partial charge in [-0.25, -0.2) is 0 Å². The van der Waals surface area contributed by atoms with Crippen LogP contribution < -0.4 is 0 Å². The minimum atomic E-state index is -0.801. The Kier molecular flexibility index (Phi) is 49.0. The second-order valence-electron chi connectivity index (χ2n) is 17.0. The molecule has 6 heteroatoms. The molecular weight excluding hydrogens is 793 g/mol. The first-order valence-corrected chi connectivity index (χ1v) is 26.2. The highest BCUT2D eigenvalue weighted by Crippen LogP contribution is 2.14. The third-order valence-electron chi connectivity index (χ3n) is 10.8. The topological polar surface area (TPSA) is 78.9 Å². The van der Waals surface area contributed by atoms with Crippen LogP contribution in [-0.4, -0.2) is 37.2 Å². The van der Waals surface area contributed by atoms with Crippen molar-refractivity contribution in [3.63, 3.8) is 0 Å². The third kappa shape index (κ3) is 49.3. The number of allylic oxidation sites excluding steroid dienone is 16. The van der Waals surface area contributed by atoms with E-state index in [1.165, 1.54) is 77.0 Å². The van der Waals surface area contributed by atoms with Crippen LogP contribution in [0, 0.1) is 0 Å². The van der Waals surface area contributed by atoms with Crippen molar-refractivity contribution in [2.75, 3.05) is 13.2 Å². The zero-order chi connectivity index (χ0) is 46.5. The van der Waals surface area contributed by atoms with Crippen molar-refractivity contribution >= 4 is 17.9 Å². The van der Waals surface area contributed by atoms with Crippen LogP contribution in [0.2, 0.25) is 0 Å². The molecule has 6 nitrogen and oxygen atoms in total. The number of carbonyl (C=O) groups is 3. The van der Waals surface area contributed by atoms with Crippen molar-refractivity contribution in [1.82, 2.24) is 0 Å². The molecule has 0 aliphatic carbocycles. The lowest BCUT2D eigenvalue weighted by molar-refractivity contribution is -0.167. The average molecular weight is 889 g/mol. The van der Waals surface area contributed by atoms with E-state index in [-0.39, 0.29) is 31.1 Å². The molecule has 0 aliphatic heterocycles. The van der Waals surface area contributed by atoms with Gasteiger partial charge in [0.05, 0.1) is 0 Å². The average Bonchev–Trinajstić information content (AvgIpc) is 3.29. The summed E-state index contributed by atoms with van der Waals surface area (Å²) in [6.45, 7) is 6.34. The minimum absolute atomic E-state index is 0.0999. The molecule has 0 fully saturated rings. The van der Waals surface area contributed by atoms with E-state index in [0.717, 1.165) is 116 Å². The smallest absolute Gasteiger partial charge is 0.306 e. The fraction of sp³-hybridized carbons (Fsp3) is 0.672. The summed E-state index contributed by atoms with van der Waals surface area (Å²) >= 11 is 0. The number of hydrogen-bond donors (Lipinski definition) is 0. The predicted molar refractivity (Wildman–Crippen MR) is 274 cm³/mol. The van der Waals surface area contributed by atoms with Gasteiger partial charge >= 0.3 is 17.9 Å². The lowest BCUT2D eigenvalue weighted by atomic mass is 10.1. The van der Waals surface area contributed by atoms with Crippen LogP contribution in [0.25, 0.3) is 0 Å². The number of ether oxygens (including phenoxy) is 3. The second kappa shape index (κ2) is 52.0. The first kappa shape index (κ1) is 60.3. The Morgan fingerprint density at radius 3 is 1.00 bits per heavy atom. The molecule has 0 aliphatic rings. The van der Waals surface area contributed by atoms with E-state index >= 15 is 0 Å². The first-order chi connectivity index (χ1) is 31.5. The molecule has 0 saturated carbocycles. The van der Waals surface area contributed by atoms with Gasteiger partial charge in [-0.15, -0.1) is 0 Å². The van der Waals surface area contributed by atoms with Crippen molar-refractivity contribution in [1.29, 1.82) is 0 Å². The summed E-state index contributed by atoms with van der Waals surface area (Å²) in [5, 5.41) is 0. The van der Waals surface area contributed by atoms with Gasteiger partial charge in [-0.3, -0.25) is 14.4 Å². The van der Waals surface area contributed by atoms with Gasteiger partial charge < -0.3 is 14.2 Å². The van der Waals surface area contributed by atoms with Gasteiger partial charge in [-0.1, -0.05) is 195 Å². The summed E-state index contributed by atoms with van der Waals surface area (Å²) in [7, 11) is 0. The van der Waals surface area contributed by atoms with Gasteiger partial charge in [0.25, 0.3) is 0 Å². The van der Waals surface area contributed by atoms with E-state index in [0.29, 0.717) is 19.3 Å². The van der Waals surface area contributed by atoms with Crippen LogP contribution in [0.5, 0.6) is 0 Å². The zero-order valence-electron chi connectivity index (χ0n) is 41.5. The van der Waals surface area contributed by atoms with Crippen molar-refractivity contribution in [3.8, 4) is 0 Å². The molecular formula is C58H96O6. The largest absolute Gasteiger partial charge is 0.462 e. The van der Waals surface area contributed by atoms with E-state index in [2.05, 4.69) is 118 Å². The van der Waals surface area contributed by atoms with Gasteiger partial charge in [-0.05, 0) is 116 Å². The highest BCUT2D eigenvalue weighted by Gasteiger charge is 2.19. The highest BCUT2D eigenvalue weighted by atomic mass is 16.6. The lowest BCUT2D eigenvalue weighted by Gasteiger charge is -2.18. The second-order valence-corrected chi connectivity index (χ2v) is 17.0. The van der Waals surface area contributed by atoms with Crippen molar-refractivity contribution in [3.05, 3.63) is 97.2 Å². The Hall–Kier alpha value is -3.67. The number of unbranched alkanes of at least 4 members (excludes halogenated alkanes) is 19. The molecule has 0 aromatic heterocycles. The molecule has 1 atom stereocenters. The Morgan fingerprint density at radius 1 is 0.328 bits per heavy atom. The minimum Gasteiger partial charge on any atom is -0.462 e. The number of esters is 3. The van der Waals surface area contributed by atoms with E-state index in [4.69, 9.17) is 14.2 Å². The van der Waals surface area contributed by atoms with Gasteiger partial charge in [0, 0.05) is 19.3 Å². The molecule has 1 unspecified atom stereocenters. The van der Waals surface area contributed by atoms with Crippen LogP contribution in [0.15, 0.2) is 97.2 Å². The molecule has 0 amide bonds.